The van der Waals surface area contributed by atoms with E-state index in [0.29, 0.717) is 6.04 Å². The maximum absolute atomic E-state index is 13.3. The first-order chi connectivity index (χ1) is 9.15. The smallest absolute Gasteiger partial charge is 0.124 e. The van der Waals surface area contributed by atoms with Crippen LogP contribution in [0.2, 0.25) is 0 Å². The Hall–Kier alpha value is -0.410. The van der Waals surface area contributed by atoms with Gasteiger partial charge in [-0.1, -0.05) is 36.2 Å². The van der Waals surface area contributed by atoms with E-state index in [2.05, 4.69) is 35.1 Å². The quantitative estimate of drug-likeness (QED) is 0.666. The molecule has 0 saturated carbocycles. The van der Waals surface area contributed by atoms with Crippen molar-refractivity contribution in [2.75, 3.05) is 6.54 Å². The average molecular weight is 330 g/mol. The lowest BCUT2D eigenvalue weighted by molar-refractivity contribution is 0.437. The Morgan fingerprint density at radius 1 is 1.16 bits per heavy atom. The molecule has 0 aliphatic carbocycles. The normalized spacial score (nSPS) is 12.6. The van der Waals surface area contributed by atoms with Crippen LogP contribution in [0.5, 0.6) is 0 Å². The van der Waals surface area contributed by atoms with E-state index in [1.807, 2.05) is 6.07 Å². The summed E-state index contributed by atoms with van der Waals surface area (Å²) in [6, 6.07) is 5.77. The van der Waals surface area contributed by atoms with E-state index >= 15 is 0 Å². The van der Waals surface area contributed by atoms with Crippen LogP contribution in [0.4, 0.5) is 4.39 Å². The monoisotopic (exact) mass is 329 g/mol. The summed E-state index contributed by atoms with van der Waals surface area (Å²) in [7, 11) is 0. The number of hydrogen-bond donors (Lipinski definition) is 1. The molecule has 0 amide bonds. The van der Waals surface area contributed by atoms with Crippen LogP contribution in [0.15, 0.2) is 22.7 Å². The Morgan fingerprint density at radius 3 is 2.58 bits per heavy atom. The fourth-order valence-corrected chi connectivity index (χ4v) is 2.87. The molecule has 1 unspecified atom stereocenters. The molecule has 19 heavy (non-hydrogen) atoms. The summed E-state index contributed by atoms with van der Waals surface area (Å²) in [5.74, 6) is -0.154. The lowest BCUT2D eigenvalue weighted by Gasteiger charge is -2.17. The zero-order valence-corrected chi connectivity index (χ0v) is 13.6. The third-order valence-corrected chi connectivity index (χ3v) is 3.72. The predicted octanol–water partition coefficient (Wildman–Crippen LogP) is 5.08. The van der Waals surface area contributed by atoms with Crippen LogP contribution in [0.25, 0.3) is 0 Å². The molecular weight excluding hydrogens is 305 g/mol. The average Bonchev–Trinajstić information content (AvgIpc) is 2.34. The number of hydrogen-bond acceptors (Lipinski definition) is 1. The summed E-state index contributed by atoms with van der Waals surface area (Å²) in [6.45, 7) is 5.51. The lowest BCUT2D eigenvalue weighted by Crippen LogP contribution is -2.29. The van der Waals surface area contributed by atoms with E-state index in [1.54, 1.807) is 6.07 Å². The fraction of sp³-hybridized carbons (Fsp3) is 0.625. The predicted molar refractivity (Wildman–Crippen MR) is 84.0 cm³/mol. The van der Waals surface area contributed by atoms with Crippen LogP contribution in [0.1, 0.15) is 51.5 Å². The standard InChI is InChI=1S/C16H25BrFN/c1-3-6-16(19-9-4-2)8-5-7-13-10-14(17)12-15(18)11-13/h10-12,16,19H,3-9H2,1-2H3. The van der Waals surface area contributed by atoms with Gasteiger partial charge in [0.05, 0.1) is 0 Å². The third kappa shape index (κ3) is 7.07. The maximum atomic E-state index is 13.3. The number of halogens is 2. The molecule has 1 N–H and O–H groups in total. The summed E-state index contributed by atoms with van der Waals surface area (Å²) >= 11 is 3.34. The number of benzene rings is 1. The second-order valence-corrected chi connectivity index (χ2v) is 6.03. The zero-order valence-electron chi connectivity index (χ0n) is 12.0. The van der Waals surface area contributed by atoms with Gasteiger partial charge in [-0.15, -0.1) is 0 Å². The molecule has 1 rings (SSSR count). The van der Waals surface area contributed by atoms with Gasteiger partial charge in [-0.05, 0) is 62.4 Å². The van der Waals surface area contributed by atoms with Gasteiger partial charge in [0.15, 0.2) is 0 Å². The van der Waals surface area contributed by atoms with Crippen molar-refractivity contribution < 1.29 is 4.39 Å². The van der Waals surface area contributed by atoms with Crippen LogP contribution in [0, 0.1) is 5.82 Å². The molecule has 0 fully saturated rings. The minimum Gasteiger partial charge on any atom is -0.314 e. The van der Waals surface area contributed by atoms with Crippen LogP contribution in [-0.4, -0.2) is 12.6 Å². The maximum Gasteiger partial charge on any atom is 0.124 e. The molecule has 0 aliphatic heterocycles. The summed E-state index contributed by atoms with van der Waals surface area (Å²) in [5, 5.41) is 3.60. The SMILES string of the molecule is CCCNC(CCC)CCCc1cc(F)cc(Br)c1. The lowest BCUT2D eigenvalue weighted by atomic mass is 10.0. The van der Waals surface area contributed by atoms with Crippen LogP contribution in [-0.2, 0) is 6.42 Å². The Kier molecular flexibility index (Phi) is 8.31. The van der Waals surface area contributed by atoms with Crippen molar-refractivity contribution in [2.24, 2.45) is 0 Å². The summed E-state index contributed by atoms with van der Waals surface area (Å²) in [5.41, 5.74) is 1.08. The highest BCUT2D eigenvalue weighted by atomic mass is 79.9. The molecule has 0 radical (unpaired) electrons. The molecule has 1 aromatic rings. The van der Waals surface area contributed by atoms with Crippen molar-refractivity contribution in [2.45, 2.75) is 58.4 Å². The highest BCUT2D eigenvalue weighted by molar-refractivity contribution is 9.10. The molecule has 0 aromatic heterocycles. The molecule has 0 bridgehead atoms. The van der Waals surface area contributed by atoms with E-state index in [1.165, 1.54) is 31.7 Å². The number of nitrogens with one attached hydrogen (secondary N) is 1. The van der Waals surface area contributed by atoms with Gasteiger partial charge in [0.1, 0.15) is 5.82 Å². The molecule has 0 aliphatic rings. The summed E-state index contributed by atoms with van der Waals surface area (Å²) in [6.07, 6.45) is 6.85. The van der Waals surface area contributed by atoms with E-state index in [-0.39, 0.29) is 5.82 Å². The molecule has 0 saturated heterocycles. The molecular formula is C16H25BrFN. The second-order valence-electron chi connectivity index (χ2n) is 5.11. The van der Waals surface area contributed by atoms with Crippen molar-refractivity contribution >= 4 is 15.9 Å². The Morgan fingerprint density at radius 2 is 1.95 bits per heavy atom. The second kappa shape index (κ2) is 9.49. The van der Waals surface area contributed by atoms with Crippen molar-refractivity contribution in [1.29, 1.82) is 0 Å². The van der Waals surface area contributed by atoms with Gasteiger partial charge in [0.2, 0.25) is 0 Å². The van der Waals surface area contributed by atoms with Crippen LogP contribution in [0.3, 0.4) is 0 Å². The topological polar surface area (TPSA) is 12.0 Å². The van der Waals surface area contributed by atoms with E-state index < -0.39 is 0 Å². The van der Waals surface area contributed by atoms with Gasteiger partial charge in [-0.2, -0.15) is 0 Å². The Labute approximate surface area is 125 Å². The van der Waals surface area contributed by atoms with Gasteiger partial charge in [0, 0.05) is 10.5 Å². The van der Waals surface area contributed by atoms with E-state index in [9.17, 15) is 4.39 Å². The number of aryl methyl sites for hydroxylation is 1. The van der Waals surface area contributed by atoms with Crippen molar-refractivity contribution in [3.05, 3.63) is 34.1 Å². The summed E-state index contributed by atoms with van der Waals surface area (Å²) < 4.78 is 14.1. The first kappa shape index (κ1) is 16.6. The van der Waals surface area contributed by atoms with Gasteiger partial charge >= 0.3 is 0 Å². The van der Waals surface area contributed by atoms with Gasteiger partial charge in [-0.25, -0.2) is 4.39 Å². The van der Waals surface area contributed by atoms with E-state index in [4.69, 9.17) is 0 Å². The highest BCUT2D eigenvalue weighted by Gasteiger charge is 2.07. The van der Waals surface area contributed by atoms with Crippen LogP contribution >= 0.6 is 15.9 Å². The molecule has 0 heterocycles. The largest absolute Gasteiger partial charge is 0.314 e. The fourth-order valence-electron chi connectivity index (χ4n) is 2.35. The molecule has 1 aromatic carbocycles. The zero-order chi connectivity index (χ0) is 14.1. The molecule has 1 atom stereocenters. The Balaban J connectivity index is 2.37. The number of rotatable bonds is 9. The van der Waals surface area contributed by atoms with E-state index in [0.717, 1.165) is 29.4 Å². The molecule has 3 heteroatoms. The molecule has 1 nitrogen and oxygen atoms in total. The van der Waals surface area contributed by atoms with Crippen molar-refractivity contribution in [1.82, 2.24) is 5.32 Å². The van der Waals surface area contributed by atoms with Crippen molar-refractivity contribution in [3.8, 4) is 0 Å². The minimum absolute atomic E-state index is 0.154. The minimum atomic E-state index is -0.154. The first-order valence-electron chi connectivity index (χ1n) is 7.34. The summed E-state index contributed by atoms with van der Waals surface area (Å²) in [4.78, 5) is 0. The van der Waals surface area contributed by atoms with Crippen LogP contribution < -0.4 is 5.32 Å². The third-order valence-electron chi connectivity index (χ3n) is 3.26. The first-order valence-corrected chi connectivity index (χ1v) is 8.13. The molecule has 0 spiro atoms. The van der Waals surface area contributed by atoms with Gasteiger partial charge < -0.3 is 5.32 Å². The highest BCUT2D eigenvalue weighted by Crippen LogP contribution is 2.17. The molecule has 108 valence electrons. The van der Waals surface area contributed by atoms with Crippen molar-refractivity contribution in [3.63, 3.8) is 0 Å². The Bertz CT molecular complexity index is 348. The van der Waals surface area contributed by atoms with Gasteiger partial charge in [0.25, 0.3) is 0 Å². The van der Waals surface area contributed by atoms with Gasteiger partial charge in [-0.3, -0.25) is 0 Å².